The summed E-state index contributed by atoms with van der Waals surface area (Å²) in [6.45, 7) is 4.85. The molecule has 0 heterocycles. The highest BCUT2D eigenvalue weighted by molar-refractivity contribution is 6.36. The van der Waals surface area contributed by atoms with E-state index in [1.54, 1.807) is 13.8 Å². The molecule has 1 rings (SSSR count). The minimum atomic E-state index is -1.72. The van der Waals surface area contributed by atoms with Crippen molar-refractivity contribution in [1.29, 1.82) is 0 Å². The molecule has 0 bridgehead atoms. The third-order valence-corrected chi connectivity index (χ3v) is 4.30. The summed E-state index contributed by atoms with van der Waals surface area (Å²) in [5.41, 5.74) is -0.446. The summed E-state index contributed by atoms with van der Waals surface area (Å²) in [7, 11) is 0. The number of carbonyl (C=O) groups excluding carboxylic acids is 1. The van der Waals surface area contributed by atoms with Gasteiger partial charge >= 0.3 is 5.97 Å². The lowest BCUT2D eigenvalue weighted by molar-refractivity contribution is -0.150. The van der Waals surface area contributed by atoms with Gasteiger partial charge in [0.25, 0.3) is 5.91 Å². The summed E-state index contributed by atoms with van der Waals surface area (Å²) in [5, 5.41) is 21.8. The lowest BCUT2D eigenvalue weighted by Gasteiger charge is -2.32. The molecule has 1 amide bonds. The molecule has 0 fully saturated rings. The van der Waals surface area contributed by atoms with Crippen molar-refractivity contribution in [3.63, 3.8) is 0 Å². The fourth-order valence-corrected chi connectivity index (χ4v) is 2.22. The predicted molar refractivity (Wildman–Crippen MR) is 81.0 cm³/mol. The number of nitrogens with one attached hydrogen (secondary N) is 1. The number of aliphatic carboxylic acids is 1. The minimum Gasteiger partial charge on any atom is -0.479 e. The van der Waals surface area contributed by atoms with Gasteiger partial charge in [0, 0.05) is 15.6 Å². The SMILES string of the molecule is CCC(C)(NC(=O)c1cc(Cl)c(C)c(Cl)c1)C(O)C(=O)O. The molecule has 0 aliphatic carbocycles. The molecule has 3 N–H and O–H groups in total. The van der Waals surface area contributed by atoms with E-state index in [0.717, 1.165) is 0 Å². The fourth-order valence-electron chi connectivity index (χ4n) is 1.73. The van der Waals surface area contributed by atoms with Crippen LogP contribution < -0.4 is 5.32 Å². The first-order valence-corrected chi connectivity index (χ1v) is 7.07. The van der Waals surface area contributed by atoms with Gasteiger partial charge in [-0.2, -0.15) is 0 Å². The van der Waals surface area contributed by atoms with Crippen LogP contribution in [-0.2, 0) is 4.79 Å². The van der Waals surface area contributed by atoms with E-state index in [0.29, 0.717) is 15.6 Å². The number of carbonyl (C=O) groups is 2. The summed E-state index contributed by atoms with van der Waals surface area (Å²) in [5.74, 6) is -1.96. The van der Waals surface area contributed by atoms with E-state index in [1.807, 2.05) is 0 Å². The number of hydrogen-bond acceptors (Lipinski definition) is 3. The topological polar surface area (TPSA) is 86.6 Å². The Morgan fingerprint density at radius 1 is 1.33 bits per heavy atom. The molecule has 7 heteroatoms. The second-order valence-electron chi connectivity index (χ2n) is 5.03. The third-order valence-electron chi connectivity index (χ3n) is 3.51. The maximum absolute atomic E-state index is 12.2. The molecule has 0 spiro atoms. The molecular weight excluding hydrogens is 317 g/mol. The molecule has 0 aliphatic rings. The van der Waals surface area contributed by atoms with Crippen LogP contribution in [0.25, 0.3) is 0 Å². The highest BCUT2D eigenvalue weighted by Gasteiger charge is 2.38. The molecule has 21 heavy (non-hydrogen) atoms. The Labute approximate surface area is 132 Å². The number of carboxylic acid groups (broad SMARTS) is 1. The lowest BCUT2D eigenvalue weighted by Crippen LogP contribution is -2.56. The van der Waals surface area contributed by atoms with Crippen molar-refractivity contribution in [3.8, 4) is 0 Å². The number of carboxylic acids is 1. The van der Waals surface area contributed by atoms with Gasteiger partial charge in [0.2, 0.25) is 0 Å². The van der Waals surface area contributed by atoms with Gasteiger partial charge in [0.05, 0.1) is 5.54 Å². The van der Waals surface area contributed by atoms with Crippen molar-refractivity contribution >= 4 is 35.1 Å². The number of hydrogen-bond donors (Lipinski definition) is 3. The number of benzene rings is 1. The molecule has 1 aromatic carbocycles. The summed E-state index contributed by atoms with van der Waals surface area (Å²) in [4.78, 5) is 23.2. The van der Waals surface area contributed by atoms with Gasteiger partial charge in [0.15, 0.2) is 6.10 Å². The van der Waals surface area contributed by atoms with E-state index in [2.05, 4.69) is 5.32 Å². The Morgan fingerprint density at radius 2 is 1.81 bits per heavy atom. The molecule has 0 saturated heterocycles. The number of halogens is 2. The van der Waals surface area contributed by atoms with E-state index in [-0.39, 0.29) is 12.0 Å². The summed E-state index contributed by atoms with van der Waals surface area (Å²) < 4.78 is 0. The average Bonchev–Trinajstić information content (AvgIpc) is 2.42. The zero-order valence-corrected chi connectivity index (χ0v) is 13.4. The molecule has 0 aromatic heterocycles. The van der Waals surface area contributed by atoms with Gasteiger partial charge in [0.1, 0.15) is 0 Å². The quantitative estimate of drug-likeness (QED) is 0.773. The fraction of sp³-hybridized carbons (Fsp3) is 0.429. The van der Waals surface area contributed by atoms with Crippen LogP contribution >= 0.6 is 23.2 Å². The average molecular weight is 334 g/mol. The Bertz CT molecular complexity index is 553. The Balaban J connectivity index is 3.07. The zero-order valence-electron chi connectivity index (χ0n) is 11.9. The van der Waals surface area contributed by atoms with E-state index in [9.17, 15) is 14.7 Å². The Morgan fingerprint density at radius 3 is 2.19 bits per heavy atom. The third kappa shape index (κ3) is 3.87. The Hall–Kier alpha value is -1.30. The maximum atomic E-state index is 12.2. The molecular formula is C14H17Cl2NO4. The van der Waals surface area contributed by atoms with Gasteiger partial charge in [-0.15, -0.1) is 0 Å². The highest BCUT2D eigenvalue weighted by atomic mass is 35.5. The molecule has 0 aliphatic heterocycles. The smallest absolute Gasteiger partial charge is 0.334 e. The number of rotatable bonds is 5. The van der Waals surface area contributed by atoms with Crippen LogP contribution in [0.4, 0.5) is 0 Å². The van der Waals surface area contributed by atoms with Gasteiger partial charge in [-0.3, -0.25) is 4.79 Å². The second kappa shape index (κ2) is 6.64. The van der Waals surface area contributed by atoms with Crippen molar-refractivity contribution in [1.82, 2.24) is 5.32 Å². The van der Waals surface area contributed by atoms with Crippen LogP contribution in [0.5, 0.6) is 0 Å². The molecule has 2 unspecified atom stereocenters. The highest BCUT2D eigenvalue weighted by Crippen LogP contribution is 2.26. The summed E-state index contributed by atoms with van der Waals surface area (Å²) in [6, 6.07) is 2.89. The van der Waals surface area contributed by atoms with Crippen molar-refractivity contribution < 1.29 is 19.8 Å². The van der Waals surface area contributed by atoms with Crippen LogP contribution in [0, 0.1) is 6.92 Å². The van der Waals surface area contributed by atoms with Crippen molar-refractivity contribution in [2.24, 2.45) is 0 Å². The predicted octanol–water partition coefficient (Wildman–Crippen LogP) is 2.65. The number of amides is 1. The summed E-state index contributed by atoms with van der Waals surface area (Å²) >= 11 is 11.9. The van der Waals surface area contributed by atoms with Gasteiger partial charge in [-0.25, -0.2) is 4.79 Å². The molecule has 5 nitrogen and oxygen atoms in total. The molecule has 116 valence electrons. The van der Waals surface area contributed by atoms with Crippen molar-refractivity contribution in [3.05, 3.63) is 33.3 Å². The molecule has 0 radical (unpaired) electrons. The van der Waals surface area contributed by atoms with Crippen LogP contribution in [-0.4, -0.2) is 33.7 Å². The first-order valence-electron chi connectivity index (χ1n) is 6.31. The van der Waals surface area contributed by atoms with Crippen LogP contribution in [0.1, 0.15) is 36.2 Å². The largest absolute Gasteiger partial charge is 0.479 e. The standard InChI is InChI=1S/C14H17Cl2NO4/c1-4-14(3,11(18)13(20)21)17-12(19)8-5-9(15)7(2)10(16)6-8/h5-6,11,18H,4H2,1-3H3,(H,17,19)(H,20,21). The zero-order chi connectivity index (χ0) is 16.4. The van der Waals surface area contributed by atoms with Crippen molar-refractivity contribution in [2.75, 3.05) is 0 Å². The molecule has 1 aromatic rings. The minimum absolute atomic E-state index is 0.202. The van der Waals surface area contributed by atoms with E-state index in [1.165, 1.54) is 19.1 Å². The second-order valence-corrected chi connectivity index (χ2v) is 5.85. The van der Waals surface area contributed by atoms with Crippen LogP contribution in [0.2, 0.25) is 10.0 Å². The van der Waals surface area contributed by atoms with Gasteiger partial charge in [-0.05, 0) is 38.0 Å². The first-order chi connectivity index (χ1) is 9.62. The monoisotopic (exact) mass is 333 g/mol. The normalized spacial score (nSPS) is 15.1. The van der Waals surface area contributed by atoms with Crippen molar-refractivity contribution in [2.45, 2.75) is 38.8 Å². The maximum Gasteiger partial charge on any atom is 0.334 e. The van der Waals surface area contributed by atoms with Gasteiger partial charge in [-0.1, -0.05) is 30.1 Å². The molecule has 0 saturated carbocycles. The lowest BCUT2D eigenvalue weighted by atomic mass is 9.91. The van der Waals surface area contributed by atoms with Gasteiger partial charge < -0.3 is 15.5 Å². The summed E-state index contributed by atoms with van der Waals surface area (Å²) in [6.07, 6.45) is -1.48. The van der Waals surface area contributed by atoms with E-state index < -0.39 is 23.5 Å². The van der Waals surface area contributed by atoms with Crippen LogP contribution in [0.15, 0.2) is 12.1 Å². The number of aliphatic hydroxyl groups is 1. The van der Waals surface area contributed by atoms with E-state index in [4.69, 9.17) is 28.3 Å². The van der Waals surface area contributed by atoms with Crippen LogP contribution in [0.3, 0.4) is 0 Å². The first kappa shape index (κ1) is 17.8. The Kier molecular flexibility index (Phi) is 5.61. The van der Waals surface area contributed by atoms with E-state index >= 15 is 0 Å². The number of aliphatic hydroxyl groups excluding tert-OH is 1. The molecule has 2 atom stereocenters.